The van der Waals surface area contributed by atoms with E-state index in [1.54, 1.807) is 29.4 Å². The van der Waals surface area contributed by atoms with Crippen LogP contribution in [0.1, 0.15) is 18.7 Å². The third kappa shape index (κ3) is 5.52. The number of pyridine rings is 1. The van der Waals surface area contributed by atoms with E-state index in [2.05, 4.69) is 20.4 Å². The number of amides is 2. The summed E-state index contributed by atoms with van der Waals surface area (Å²) in [4.78, 5) is 35.0. The second-order valence-electron chi connectivity index (χ2n) is 8.13. The van der Waals surface area contributed by atoms with E-state index in [-0.39, 0.29) is 30.7 Å². The molecule has 5 rings (SSSR count). The number of aryl methyl sites for hydroxylation is 1. The molecule has 1 aliphatic rings. The van der Waals surface area contributed by atoms with Crippen molar-refractivity contribution in [3.63, 3.8) is 0 Å². The van der Waals surface area contributed by atoms with Crippen molar-refractivity contribution in [2.24, 2.45) is 0 Å². The Hall–Kier alpha value is -4.53. The van der Waals surface area contributed by atoms with Crippen LogP contribution in [0.3, 0.4) is 0 Å². The van der Waals surface area contributed by atoms with Crippen molar-refractivity contribution in [1.82, 2.24) is 20.4 Å². The van der Waals surface area contributed by atoms with Crippen LogP contribution in [0.15, 0.2) is 83.6 Å². The summed E-state index contributed by atoms with van der Waals surface area (Å²) in [6, 6.07) is 20.1. The van der Waals surface area contributed by atoms with Gasteiger partial charge in [-0.1, -0.05) is 23.4 Å². The molecule has 0 spiro atoms. The summed E-state index contributed by atoms with van der Waals surface area (Å²) in [5, 5.41) is 6.88. The number of carbonyl (C=O) groups is 2. The Morgan fingerprint density at radius 3 is 2.54 bits per heavy atom. The van der Waals surface area contributed by atoms with Crippen molar-refractivity contribution in [1.29, 1.82) is 0 Å². The van der Waals surface area contributed by atoms with Crippen LogP contribution < -0.4 is 15.0 Å². The fourth-order valence-corrected chi connectivity index (χ4v) is 3.87. The lowest BCUT2D eigenvalue weighted by Gasteiger charge is -2.17. The van der Waals surface area contributed by atoms with E-state index in [0.29, 0.717) is 30.4 Å². The van der Waals surface area contributed by atoms with Crippen LogP contribution in [0.2, 0.25) is 0 Å². The number of anilines is 1. The molecule has 0 aliphatic carbocycles. The normalized spacial score (nSPS) is 15.3. The van der Waals surface area contributed by atoms with Gasteiger partial charge in [0.05, 0.1) is 6.04 Å². The van der Waals surface area contributed by atoms with Crippen molar-refractivity contribution in [2.45, 2.75) is 25.3 Å². The lowest BCUT2D eigenvalue weighted by Crippen LogP contribution is -2.37. The Bertz CT molecular complexity index is 1290. The van der Waals surface area contributed by atoms with Crippen LogP contribution in [0.4, 0.5) is 5.69 Å². The van der Waals surface area contributed by atoms with Gasteiger partial charge < -0.3 is 19.5 Å². The number of hydrogen-bond acceptors (Lipinski definition) is 7. The summed E-state index contributed by atoms with van der Waals surface area (Å²) in [6.45, 7) is 0.413. The molecule has 9 heteroatoms. The molecule has 35 heavy (non-hydrogen) atoms. The quantitative estimate of drug-likeness (QED) is 0.418. The third-order valence-electron chi connectivity index (χ3n) is 5.59. The largest absolute Gasteiger partial charge is 0.457 e. The van der Waals surface area contributed by atoms with Gasteiger partial charge in [-0.05, 0) is 48.5 Å². The van der Waals surface area contributed by atoms with Gasteiger partial charge in [-0.25, -0.2) is 0 Å². The maximum Gasteiger partial charge on any atom is 0.229 e. The van der Waals surface area contributed by atoms with Crippen LogP contribution in [0.5, 0.6) is 11.5 Å². The number of ether oxygens (including phenoxy) is 1. The summed E-state index contributed by atoms with van der Waals surface area (Å²) in [5.41, 5.74) is 1.56. The number of para-hydroxylation sites is 1. The zero-order valence-electron chi connectivity index (χ0n) is 18.8. The molecule has 1 N–H and O–H groups in total. The first-order chi connectivity index (χ1) is 17.1. The Morgan fingerprint density at radius 2 is 1.77 bits per heavy atom. The molecule has 2 aromatic heterocycles. The Morgan fingerprint density at radius 1 is 1.03 bits per heavy atom. The van der Waals surface area contributed by atoms with Gasteiger partial charge in [0, 0.05) is 49.5 Å². The smallest absolute Gasteiger partial charge is 0.229 e. The minimum Gasteiger partial charge on any atom is -0.457 e. The van der Waals surface area contributed by atoms with Gasteiger partial charge >= 0.3 is 0 Å². The predicted molar refractivity (Wildman–Crippen MR) is 128 cm³/mol. The molecule has 1 saturated heterocycles. The van der Waals surface area contributed by atoms with E-state index in [9.17, 15) is 9.59 Å². The summed E-state index contributed by atoms with van der Waals surface area (Å²) in [6.07, 6.45) is 4.06. The van der Waals surface area contributed by atoms with Crippen molar-refractivity contribution < 1.29 is 18.8 Å². The van der Waals surface area contributed by atoms with Gasteiger partial charge in [-0.15, -0.1) is 0 Å². The number of aromatic nitrogens is 3. The Labute approximate surface area is 201 Å². The molecule has 0 bridgehead atoms. The van der Waals surface area contributed by atoms with E-state index in [1.165, 1.54) is 0 Å². The van der Waals surface area contributed by atoms with Crippen LogP contribution in [0.25, 0.3) is 11.4 Å². The molecule has 2 aromatic carbocycles. The first-order valence-electron chi connectivity index (χ1n) is 11.3. The molecule has 1 unspecified atom stereocenters. The monoisotopic (exact) mass is 469 g/mol. The van der Waals surface area contributed by atoms with Gasteiger partial charge in [-0.2, -0.15) is 4.98 Å². The SMILES string of the molecule is O=C(CCc1nc(-c2ccncc2)no1)NC1CC(=O)N(c2ccc(Oc3ccccc3)cc2)C1. The molecule has 176 valence electrons. The number of hydrogen-bond donors (Lipinski definition) is 1. The van der Waals surface area contributed by atoms with E-state index in [4.69, 9.17) is 9.26 Å². The highest BCUT2D eigenvalue weighted by atomic mass is 16.5. The Balaban J connectivity index is 1.12. The fraction of sp³-hybridized carbons (Fsp3) is 0.192. The Kier molecular flexibility index (Phi) is 6.47. The zero-order valence-corrected chi connectivity index (χ0v) is 18.8. The third-order valence-corrected chi connectivity index (χ3v) is 5.59. The highest BCUT2D eigenvalue weighted by Gasteiger charge is 2.31. The van der Waals surface area contributed by atoms with E-state index in [1.807, 2.05) is 54.6 Å². The maximum absolute atomic E-state index is 12.6. The van der Waals surface area contributed by atoms with Gasteiger partial charge in [0.1, 0.15) is 11.5 Å². The van der Waals surface area contributed by atoms with Crippen LogP contribution in [-0.2, 0) is 16.0 Å². The molecular weight excluding hydrogens is 446 g/mol. The standard InChI is InChI=1S/C26H23N5O4/c32-23(10-11-24-29-26(30-35-24)18-12-14-27-15-13-18)28-19-16-25(33)31(17-19)20-6-8-22(9-7-20)34-21-4-2-1-3-5-21/h1-9,12-15,19H,10-11,16-17H2,(H,28,32). The van der Waals surface area contributed by atoms with Crippen LogP contribution in [0, 0.1) is 0 Å². The summed E-state index contributed by atoms with van der Waals surface area (Å²) >= 11 is 0. The molecule has 0 radical (unpaired) electrons. The van der Waals surface area contributed by atoms with Crippen LogP contribution in [-0.4, -0.2) is 39.5 Å². The van der Waals surface area contributed by atoms with Crippen molar-refractivity contribution in [2.75, 3.05) is 11.4 Å². The molecule has 4 aromatic rings. The second kappa shape index (κ2) is 10.2. The minimum atomic E-state index is -0.259. The average Bonchev–Trinajstić information content (AvgIpc) is 3.51. The lowest BCUT2D eigenvalue weighted by molar-refractivity contribution is -0.121. The van der Waals surface area contributed by atoms with Crippen molar-refractivity contribution >= 4 is 17.5 Å². The molecule has 0 saturated carbocycles. The number of rotatable bonds is 8. The van der Waals surface area contributed by atoms with Gasteiger partial charge in [-0.3, -0.25) is 14.6 Å². The van der Waals surface area contributed by atoms with E-state index in [0.717, 1.165) is 17.0 Å². The zero-order chi connectivity index (χ0) is 24.0. The molecular formula is C26H23N5O4. The van der Waals surface area contributed by atoms with Gasteiger partial charge in [0.15, 0.2) is 0 Å². The molecule has 1 aliphatic heterocycles. The first kappa shape index (κ1) is 22.3. The maximum atomic E-state index is 12.6. The second-order valence-corrected chi connectivity index (χ2v) is 8.13. The average molecular weight is 470 g/mol. The summed E-state index contributed by atoms with van der Waals surface area (Å²) < 4.78 is 11.1. The summed E-state index contributed by atoms with van der Waals surface area (Å²) in [5.74, 6) is 2.07. The molecule has 1 atom stereocenters. The summed E-state index contributed by atoms with van der Waals surface area (Å²) in [7, 11) is 0. The van der Waals surface area contributed by atoms with Crippen molar-refractivity contribution in [3.8, 4) is 22.9 Å². The van der Waals surface area contributed by atoms with Crippen molar-refractivity contribution in [3.05, 3.63) is 85.0 Å². The first-order valence-corrected chi connectivity index (χ1v) is 11.3. The number of nitrogens with one attached hydrogen (secondary N) is 1. The number of nitrogens with zero attached hydrogens (tertiary/aromatic N) is 4. The molecule has 9 nitrogen and oxygen atoms in total. The topological polar surface area (TPSA) is 110 Å². The van der Waals surface area contributed by atoms with E-state index < -0.39 is 0 Å². The number of carbonyl (C=O) groups excluding carboxylic acids is 2. The highest BCUT2D eigenvalue weighted by molar-refractivity contribution is 5.96. The molecule has 2 amide bonds. The van der Waals surface area contributed by atoms with Crippen LogP contribution >= 0.6 is 0 Å². The highest BCUT2D eigenvalue weighted by Crippen LogP contribution is 2.27. The predicted octanol–water partition coefficient (Wildman–Crippen LogP) is 3.78. The number of benzene rings is 2. The van der Waals surface area contributed by atoms with E-state index >= 15 is 0 Å². The van der Waals surface area contributed by atoms with Gasteiger partial charge in [0.25, 0.3) is 0 Å². The lowest BCUT2D eigenvalue weighted by atomic mass is 10.2. The van der Waals surface area contributed by atoms with Gasteiger partial charge in [0.2, 0.25) is 23.5 Å². The fourth-order valence-electron chi connectivity index (χ4n) is 3.87. The minimum absolute atomic E-state index is 0.0362. The molecule has 3 heterocycles. The molecule has 1 fully saturated rings.